The first-order valence-corrected chi connectivity index (χ1v) is 10.3. The van der Waals surface area contributed by atoms with Gasteiger partial charge < -0.3 is 25.5 Å². The number of benzene rings is 2. The van der Waals surface area contributed by atoms with E-state index in [1.165, 1.54) is 6.92 Å². The van der Waals surface area contributed by atoms with Crippen molar-refractivity contribution in [3.8, 4) is 22.9 Å². The van der Waals surface area contributed by atoms with Gasteiger partial charge in [0.25, 0.3) is 0 Å². The molecule has 2 aromatic carbocycles. The molecule has 0 bridgehead atoms. The minimum absolute atomic E-state index is 0.0887. The third-order valence-electron chi connectivity index (χ3n) is 5.06. The molecule has 164 valence electrons. The van der Waals surface area contributed by atoms with Crippen LogP contribution >= 0.6 is 0 Å². The summed E-state index contributed by atoms with van der Waals surface area (Å²) < 4.78 is 11.1. The van der Waals surface area contributed by atoms with Crippen molar-refractivity contribution < 1.29 is 14.3 Å². The van der Waals surface area contributed by atoms with Crippen LogP contribution in [0.25, 0.3) is 22.4 Å². The molecule has 0 aliphatic heterocycles. The molecule has 0 saturated heterocycles. The van der Waals surface area contributed by atoms with Gasteiger partial charge in [0.15, 0.2) is 5.82 Å². The summed E-state index contributed by atoms with van der Waals surface area (Å²) >= 11 is 0. The first-order chi connectivity index (χ1) is 15.5. The molecule has 1 amide bonds. The summed E-state index contributed by atoms with van der Waals surface area (Å²) in [6.07, 6.45) is 0.527. The Morgan fingerprint density at radius 2 is 1.78 bits per heavy atom. The monoisotopic (exact) mass is 431 g/mol. The predicted molar refractivity (Wildman–Crippen MR) is 123 cm³/mol. The van der Waals surface area contributed by atoms with Crippen molar-refractivity contribution in [1.29, 1.82) is 0 Å². The molecule has 32 heavy (non-hydrogen) atoms. The molecule has 0 radical (unpaired) electrons. The summed E-state index contributed by atoms with van der Waals surface area (Å²) in [5, 5.41) is 3.57. The number of H-pyrrole nitrogens is 1. The maximum atomic E-state index is 11.3. The van der Waals surface area contributed by atoms with Crippen molar-refractivity contribution in [2.75, 3.05) is 19.4 Å². The Morgan fingerprint density at radius 1 is 1.06 bits per heavy atom. The average molecular weight is 431 g/mol. The molecule has 0 spiro atoms. The molecule has 0 atom stereocenters. The van der Waals surface area contributed by atoms with Gasteiger partial charge in [-0.25, -0.2) is 9.97 Å². The Kier molecular flexibility index (Phi) is 6.21. The number of aromatic amines is 1. The normalized spacial score (nSPS) is 10.8. The average Bonchev–Trinajstić information content (AvgIpc) is 3.14. The van der Waals surface area contributed by atoms with Crippen LogP contribution in [0.4, 0.5) is 5.69 Å². The summed E-state index contributed by atoms with van der Waals surface area (Å²) in [5.41, 5.74) is 10.1. The van der Waals surface area contributed by atoms with Gasteiger partial charge in [-0.15, -0.1) is 0 Å². The molecule has 2 aromatic heterocycles. The third kappa shape index (κ3) is 4.64. The number of amides is 1. The van der Waals surface area contributed by atoms with E-state index in [2.05, 4.69) is 10.3 Å². The van der Waals surface area contributed by atoms with Crippen molar-refractivity contribution >= 4 is 22.6 Å². The number of hydrogen-bond donors (Lipinski definition) is 3. The fourth-order valence-corrected chi connectivity index (χ4v) is 3.44. The molecule has 2 heterocycles. The zero-order chi connectivity index (χ0) is 22.5. The molecular formula is C24H25N5O3. The highest BCUT2D eigenvalue weighted by molar-refractivity contribution is 5.93. The van der Waals surface area contributed by atoms with Crippen LogP contribution in [0.3, 0.4) is 0 Å². The van der Waals surface area contributed by atoms with E-state index < -0.39 is 0 Å². The number of hydrogen-bond acceptors (Lipinski definition) is 6. The van der Waals surface area contributed by atoms with Crippen LogP contribution in [-0.2, 0) is 17.8 Å². The lowest BCUT2D eigenvalue weighted by Gasteiger charge is -2.08. The Labute approximate surface area is 185 Å². The number of anilines is 1. The fraction of sp³-hybridized carbons (Fsp3) is 0.208. The van der Waals surface area contributed by atoms with Gasteiger partial charge in [0.2, 0.25) is 5.91 Å². The highest BCUT2D eigenvalue weighted by Gasteiger charge is 2.18. The molecule has 4 rings (SSSR count). The number of methoxy groups -OCH3 is 1. The van der Waals surface area contributed by atoms with Gasteiger partial charge in [0.1, 0.15) is 23.8 Å². The maximum absolute atomic E-state index is 11.3. The quantitative estimate of drug-likeness (QED) is 0.393. The Hall–Kier alpha value is -4.07. The molecule has 8 heteroatoms. The molecule has 0 aliphatic rings. The molecular weight excluding hydrogens is 406 g/mol. The van der Waals surface area contributed by atoms with Crippen LogP contribution in [0.2, 0.25) is 0 Å². The second-order valence-corrected chi connectivity index (χ2v) is 7.30. The van der Waals surface area contributed by atoms with Crippen LogP contribution in [0.15, 0.2) is 54.6 Å². The Morgan fingerprint density at radius 3 is 2.47 bits per heavy atom. The Bertz CT molecular complexity index is 1220. The van der Waals surface area contributed by atoms with E-state index in [4.69, 9.17) is 25.2 Å². The number of carbonyl (C=O) groups is 1. The van der Waals surface area contributed by atoms with Crippen LogP contribution in [0.1, 0.15) is 18.3 Å². The fourth-order valence-electron chi connectivity index (χ4n) is 3.44. The summed E-state index contributed by atoms with van der Waals surface area (Å²) in [5.74, 6) is 1.97. The number of aromatic nitrogens is 3. The number of nitrogen functional groups attached to an aromatic ring is 1. The summed E-state index contributed by atoms with van der Waals surface area (Å²) in [6, 6.07) is 17.1. The third-order valence-corrected chi connectivity index (χ3v) is 5.06. The van der Waals surface area contributed by atoms with E-state index in [9.17, 15) is 4.79 Å². The van der Waals surface area contributed by atoms with Crippen LogP contribution in [-0.4, -0.2) is 34.5 Å². The van der Waals surface area contributed by atoms with E-state index in [-0.39, 0.29) is 12.5 Å². The number of nitrogens with zero attached hydrogens (tertiary/aromatic N) is 2. The minimum atomic E-state index is -0.0887. The molecule has 4 N–H and O–H groups in total. The van der Waals surface area contributed by atoms with Crippen molar-refractivity contribution in [2.45, 2.75) is 20.0 Å². The van der Waals surface area contributed by atoms with Crippen LogP contribution < -0.4 is 20.5 Å². The summed E-state index contributed by atoms with van der Waals surface area (Å²) in [7, 11) is 1.62. The molecule has 4 aromatic rings. The van der Waals surface area contributed by atoms with Crippen LogP contribution in [0, 0.1) is 0 Å². The minimum Gasteiger partial charge on any atom is -0.497 e. The number of ether oxygens (including phenoxy) is 2. The van der Waals surface area contributed by atoms with Crippen LogP contribution in [0.5, 0.6) is 11.5 Å². The molecule has 0 saturated carbocycles. The van der Waals surface area contributed by atoms with E-state index in [0.717, 1.165) is 28.1 Å². The number of fused-ring (bicyclic) bond motifs is 1. The number of nitrogens with one attached hydrogen (secondary N) is 2. The van der Waals surface area contributed by atoms with Gasteiger partial charge in [-0.2, -0.15) is 0 Å². The highest BCUT2D eigenvalue weighted by Crippen LogP contribution is 2.30. The number of carbonyl (C=O) groups excluding carboxylic acids is 1. The topological polar surface area (TPSA) is 115 Å². The first kappa shape index (κ1) is 21.2. The summed E-state index contributed by atoms with van der Waals surface area (Å²) in [6.45, 7) is 2.20. The standard InChI is InChI=1S/C24H25N5O3/c1-15(30)26-13-12-19-21-22(25)20(14-32-18-10-8-17(31-2)9-11-18)28-24(21)29-23(27-19)16-6-4-3-5-7-16/h3-11H,12-14,25H2,1-2H3,(H,26,30)(H,27,28,29). The zero-order valence-electron chi connectivity index (χ0n) is 18.0. The predicted octanol–water partition coefficient (Wildman–Crippen LogP) is 3.47. The summed E-state index contributed by atoms with van der Waals surface area (Å²) in [4.78, 5) is 24.1. The molecule has 0 fully saturated rings. The van der Waals surface area contributed by atoms with Crippen molar-refractivity contribution in [3.63, 3.8) is 0 Å². The second kappa shape index (κ2) is 9.38. The smallest absolute Gasteiger partial charge is 0.216 e. The number of nitrogens with two attached hydrogens (primary N) is 1. The van der Waals surface area contributed by atoms with E-state index in [1.807, 2.05) is 54.6 Å². The van der Waals surface area contributed by atoms with Gasteiger partial charge in [-0.1, -0.05) is 30.3 Å². The van der Waals surface area contributed by atoms with E-state index in [0.29, 0.717) is 35.9 Å². The van der Waals surface area contributed by atoms with Gasteiger partial charge >= 0.3 is 0 Å². The van der Waals surface area contributed by atoms with E-state index >= 15 is 0 Å². The second-order valence-electron chi connectivity index (χ2n) is 7.30. The maximum Gasteiger partial charge on any atom is 0.216 e. The van der Waals surface area contributed by atoms with Gasteiger partial charge in [0, 0.05) is 25.5 Å². The van der Waals surface area contributed by atoms with Gasteiger partial charge in [0.05, 0.1) is 29.6 Å². The lowest BCUT2D eigenvalue weighted by Crippen LogP contribution is -2.22. The lowest BCUT2D eigenvalue weighted by atomic mass is 10.1. The van der Waals surface area contributed by atoms with Gasteiger partial charge in [-0.05, 0) is 24.3 Å². The Balaban J connectivity index is 1.66. The highest BCUT2D eigenvalue weighted by atomic mass is 16.5. The van der Waals surface area contributed by atoms with Crippen molar-refractivity contribution in [1.82, 2.24) is 20.3 Å². The zero-order valence-corrected chi connectivity index (χ0v) is 18.0. The van der Waals surface area contributed by atoms with Crippen molar-refractivity contribution in [3.05, 3.63) is 66.0 Å². The lowest BCUT2D eigenvalue weighted by molar-refractivity contribution is -0.118. The SMILES string of the molecule is COc1ccc(OCc2[nH]c3nc(-c4ccccc4)nc(CCNC(C)=O)c3c2N)cc1. The van der Waals surface area contributed by atoms with Gasteiger partial charge in [-0.3, -0.25) is 4.79 Å². The molecule has 8 nitrogen and oxygen atoms in total. The van der Waals surface area contributed by atoms with E-state index in [1.54, 1.807) is 7.11 Å². The first-order valence-electron chi connectivity index (χ1n) is 10.3. The molecule has 0 unspecified atom stereocenters. The number of rotatable bonds is 8. The largest absolute Gasteiger partial charge is 0.497 e. The van der Waals surface area contributed by atoms with Crippen molar-refractivity contribution in [2.24, 2.45) is 0 Å². The molecule has 0 aliphatic carbocycles.